The SMILES string of the molecule is Cl.NC1(C(=O)N2CCCC(C(=O)NCC3CC3)C2)CC1. The van der Waals surface area contributed by atoms with E-state index < -0.39 is 5.54 Å². The van der Waals surface area contributed by atoms with Crippen molar-refractivity contribution in [3.63, 3.8) is 0 Å². The van der Waals surface area contributed by atoms with Crippen molar-refractivity contribution in [1.29, 1.82) is 0 Å². The van der Waals surface area contributed by atoms with E-state index in [1.54, 1.807) is 4.90 Å². The first kappa shape index (κ1) is 15.6. The van der Waals surface area contributed by atoms with Crippen molar-refractivity contribution in [2.24, 2.45) is 17.6 Å². The summed E-state index contributed by atoms with van der Waals surface area (Å²) in [5.74, 6) is 0.821. The fourth-order valence-corrected chi connectivity index (χ4v) is 2.75. The highest BCUT2D eigenvalue weighted by Crippen LogP contribution is 2.35. The molecular weight excluding hydrogens is 278 g/mol. The lowest BCUT2D eigenvalue weighted by atomic mass is 9.96. The van der Waals surface area contributed by atoms with Gasteiger partial charge in [-0.2, -0.15) is 0 Å². The molecule has 1 unspecified atom stereocenters. The number of carbonyl (C=O) groups excluding carboxylic acids is 2. The van der Waals surface area contributed by atoms with Crippen molar-refractivity contribution in [3.05, 3.63) is 0 Å². The fourth-order valence-electron chi connectivity index (χ4n) is 2.75. The van der Waals surface area contributed by atoms with Crippen LogP contribution < -0.4 is 11.1 Å². The number of nitrogens with two attached hydrogens (primary N) is 1. The molecule has 0 aromatic rings. The van der Waals surface area contributed by atoms with Gasteiger partial charge in [-0.1, -0.05) is 0 Å². The summed E-state index contributed by atoms with van der Waals surface area (Å²) < 4.78 is 0. The van der Waals surface area contributed by atoms with E-state index in [0.29, 0.717) is 12.5 Å². The van der Waals surface area contributed by atoms with Gasteiger partial charge < -0.3 is 16.0 Å². The summed E-state index contributed by atoms with van der Waals surface area (Å²) >= 11 is 0. The van der Waals surface area contributed by atoms with Gasteiger partial charge in [0, 0.05) is 19.6 Å². The van der Waals surface area contributed by atoms with Gasteiger partial charge in [0.15, 0.2) is 0 Å². The summed E-state index contributed by atoms with van der Waals surface area (Å²) in [4.78, 5) is 26.1. The maximum atomic E-state index is 12.2. The Kier molecular flexibility index (Phi) is 4.59. The molecule has 1 heterocycles. The molecule has 20 heavy (non-hydrogen) atoms. The second-order valence-electron chi connectivity index (χ2n) is 6.43. The Morgan fingerprint density at radius 1 is 1.25 bits per heavy atom. The van der Waals surface area contributed by atoms with Gasteiger partial charge in [0.05, 0.1) is 11.5 Å². The van der Waals surface area contributed by atoms with Crippen LogP contribution in [0.3, 0.4) is 0 Å². The zero-order valence-corrected chi connectivity index (χ0v) is 12.6. The number of hydrogen-bond donors (Lipinski definition) is 2. The van der Waals surface area contributed by atoms with Crippen LogP contribution in [0.15, 0.2) is 0 Å². The van der Waals surface area contributed by atoms with Gasteiger partial charge in [0.2, 0.25) is 11.8 Å². The van der Waals surface area contributed by atoms with Crippen molar-refractivity contribution < 1.29 is 9.59 Å². The van der Waals surface area contributed by atoms with Crippen LogP contribution in [0.1, 0.15) is 38.5 Å². The molecule has 3 aliphatic rings. The molecule has 3 rings (SSSR count). The summed E-state index contributed by atoms with van der Waals surface area (Å²) in [6, 6.07) is 0. The number of nitrogens with zero attached hydrogens (tertiary/aromatic N) is 1. The minimum absolute atomic E-state index is 0. The lowest BCUT2D eigenvalue weighted by Gasteiger charge is -2.33. The largest absolute Gasteiger partial charge is 0.356 e. The molecule has 1 saturated heterocycles. The molecule has 3 N–H and O–H groups in total. The van der Waals surface area contributed by atoms with Crippen molar-refractivity contribution in [2.75, 3.05) is 19.6 Å². The molecule has 1 aliphatic heterocycles. The Morgan fingerprint density at radius 3 is 2.55 bits per heavy atom. The maximum absolute atomic E-state index is 12.2. The van der Waals surface area contributed by atoms with Gasteiger partial charge >= 0.3 is 0 Å². The van der Waals surface area contributed by atoms with Crippen LogP contribution >= 0.6 is 12.4 Å². The third-order valence-corrected chi connectivity index (χ3v) is 4.56. The normalized spacial score (nSPS) is 27.4. The lowest BCUT2D eigenvalue weighted by molar-refractivity contribution is -0.137. The Labute approximate surface area is 126 Å². The average Bonchev–Trinajstić information content (AvgIpc) is 3.32. The van der Waals surface area contributed by atoms with E-state index in [1.165, 1.54) is 12.8 Å². The summed E-state index contributed by atoms with van der Waals surface area (Å²) in [7, 11) is 0. The molecule has 0 bridgehead atoms. The van der Waals surface area contributed by atoms with Crippen molar-refractivity contribution in [2.45, 2.75) is 44.1 Å². The highest BCUT2D eigenvalue weighted by molar-refractivity contribution is 5.90. The number of carbonyl (C=O) groups is 2. The van der Waals surface area contributed by atoms with Crippen molar-refractivity contribution in [1.82, 2.24) is 10.2 Å². The van der Waals surface area contributed by atoms with Crippen molar-refractivity contribution in [3.8, 4) is 0 Å². The van der Waals surface area contributed by atoms with Gasteiger partial charge in [-0.05, 0) is 44.4 Å². The molecule has 6 heteroatoms. The Hall–Kier alpha value is -0.810. The smallest absolute Gasteiger partial charge is 0.242 e. The fraction of sp³-hybridized carbons (Fsp3) is 0.857. The first-order valence-electron chi connectivity index (χ1n) is 7.44. The molecule has 3 fully saturated rings. The van der Waals surface area contributed by atoms with Crippen LogP contribution in [-0.4, -0.2) is 41.9 Å². The molecule has 5 nitrogen and oxygen atoms in total. The van der Waals surface area contributed by atoms with Gasteiger partial charge in [-0.15, -0.1) is 12.4 Å². The summed E-state index contributed by atoms with van der Waals surface area (Å²) in [5, 5.41) is 3.02. The molecule has 0 radical (unpaired) electrons. The van der Waals surface area contributed by atoms with E-state index in [4.69, 9.17) is 5.73 Å². The molecule has 0 spiro atoms. The number of halogens is 1. The summed E-state index contributed by atoms with van der Waals surface area (Å²) in [5.41, 5.74) is 5.35. The topological polar surface area (TPSA) is 75.4 Å². The van der Waals surface area contributed by atoms with Crippen LogP contribution in [-0.2, 0) is 9.59 Å². The molecule has 114 valence electrons. The van der Waals surface area contributed by atoms with Gasteiger partial charge in [0.25, 0.3) is 0 Å². The quantitative estimate of drug-likeness (QED) is 0.801. The predicted octanol–water partition coefficient (Wildman–Crippen LogP) is 0.664. The number of rotatable bonds is 4. The number of likely N-dealkylation sites (tertiary alicyclic amines) is 1. The monoisotopic (exact) mass is 301 g/mol. The van der Waals surface area contributed by atoms with Crippen LogP contribution in [0.2, 0.25) is 0 Å². The van der Waals surface area contributed by atoms with E-state index in [0.717, 1.165) is 38.8 Å². The minimum atomic E-state index is -0.605. The number of nitrogens with one attached hydrogen (secondary N) is 1. The molecule has 0 aromatic carbocycles. The van der Waals surface area contributed by atoms with Gasteiger partial charge in [0.1, 0.15) is 0 Å². The second-order valence-corrected chi connectivity index (χ2v) is 6.43. The minimum Gasteiger partial charge on any atom is -0.356 e. The van der Waals surface area contributed by atoms with Gasteiger partial charge in [-0.3, -0.25) is 9.59 Å². The van der Waals surface area contributed by atoms with Gasteiger partial charge in [-0.25, -0.2) is 0 Å². The van der Waals surface area contributed by atoms with E-state index in [-0.39, 0.29) is 30.1 Å². The zero-order chi connectivity index (χ0) is 13.5. The molecular formula is C14H24ClN3O2. The summed E-state index contributed by atoms with van der Waals surface area (Å²) in [6.07, 6.45) is 5.86. The summed E-state index contributed by atoms with van der Waals surface area (Å²) in [6.45, 7) is 2.11. The third kappa shape index (κ3) is 3.44. The predicted molar refractivity (Wildman–Crippen MR) is 78.4 cm³/mol. The van der Waals surface area contributed by atoms with E-state index in [9.17, 15) is 9.59 Å². The number of piperidine rings is 1. The number of hydrogen-bond acceptors (Lipinski definition) is 3. The molecule has 1 atom stereocenters. The Balaban J connectivity index is 0.00000147. The van der Waals surface area contributed by atoms with E-state index in [1.807, 2.05) is 0 Å². The zero-order valence-electron chi connectivity index (χ0n) is 11.8. The molecule has 2 aliphatic carbocycles. The first-order chi connectivity index (χ1) is 9.08. The van der Waals surface area contributed by atoms with Crippen LogP contribution in [0.5, 0.6) is 0 Å². The molecule has 2 saturated carbocycles. The van der Waals surface area contributed by atoms with E-state index in [2.05, 4.69) is 5.32 Å². The Bertz CT molecular complexity index is 394. The maximum Gasteiger partial charge on any atom is 0.242 e. The highest BCUT2D eigenvalue weighted by atomic mass is 35.5. The first-order valence-corrected chi connectivity index (χ1v) is 7.44. The lowest BCUT2D eigenvalue weighted by Crippen LogP contribution is -2.51. The average molecular weight is 302 g/mol. The van der Waals surface area contributed by atoms with Crippen LogP contribution in [0, 0.1) is 11.8 Å². The van der Waals surface area contributed by atoms with E-state index >= 15 is 0 Å². The van der Waals surface area contributed by atoms with Crippen LogP contribution in [0.4, 0.5) is 0 Å². The van der Waals surface area contributed by atoms with Crippen molar-refractivity contribution >= 4 is 24.2 Å². The molecule has 0 aromatic heterocycles. The standard InChI is InChI=1S/C14H23N3O2.ClH/c15-14(5-6-14)13(19)17-7-1-2-11(9-17)12(18)16-8-10-3-4-10;/h10-11H,1-9,15H2,(H,16,18);1H. The Morgan fingerprint density at radius 2 is 1.95 bits per heavy atom. The third-order valence-electron chi connectivity index (χ3n) is 4.56. The molecule has 2 amide bonds. The second kappa shape index (κ2) is 5.90. The number of amides is 2. The highest BCUT2D eigenvalue weighted by Gasteiger charge is 2.49. The van der Waals surface area contributed by atoms with Crippen LogP contribution in [0.25, 0.3) is 0 Å².